The summed E-state index contributed by atoms with van der Waals surface area (Å²) in [7, 11) is 0. The van der Waals surface area contributed by atoms with Crippen molar-refractivity contribution in [1.82, 2.24) is 19.7 Å². The molecule has 1 amide bonds. The number of aryl methyl sites for hydroxylation is 1. The normalized spacial score (nSPS) is 14.8. The first-order valence-electron chi connectivity index (χ1n) is 9.51. The second kappa shape index (κ2) is 7.81. The molecule has 1 fully saturated rings. The van der Waals surface area contributed by atoms with E-state index >= 15 is 0 Å². The number of hydrogen-bond acceptors (Lipinski definition) is 4. The molecule has 4 rings (SSSR count). The Morgan fingerprint density at radius 3 is 2.20 bits per heavy atom. The van der Waals surface area contributed by atoms with Crippen LogP contribution < -0.4 is 4.90 Å². The van der Waals surface area contributed by atoms with E-state index in [0.717, 1.165) is 23.6 Å². The number of aromatic nitrogens is 3. The molecular formula is C21H20F3N5O. The fourth-order valence-electron chi connectivity index (χ4n) is 3.45. The summed E-state index contributed by atoms with van der Waals surface area (Å²) in [5.74, 6) is 0.410. The van der Waals surface area contributed by atoms with Crippen LogP contribution in [0.3, 0.4) is 0 Å². The average Bonchev–Trinajstić information content (AvgIpc) is 3.19. The molecule has 156 valence electrons. The summed E-state index contributed by atoms with van der Waals surface area (Å²) in [4.78, 5) is 20.4. The molecule has 3 aromatic rings. The Bertz CT molecular complexity index is 1020. The molecule has 1 aliphatic heterocycles. The zero-order valence-electron chi connectivity index (χ0n) is 16.3. The molecule has 2 aromatic heterocycles. The minimum absolute atomic E-state index is 0.0706. The van der Waals surface area contributed by atoms with Gasteiger partial charge in [-0.3, -0.25) is 4.79 Å². The predicted molar refractivity (Wildman–Crippen MR) is 106 cm³/mol. The smallest absolute Gasteiger partial charge is 0.353 e. The minimum Gasteiger partial charge on any atom is -0.353 e. The lowest BCUT2D eigenvalue weighted by molar-refractivity contribution is -0.137. The molecule has 0 saturated carbocycles. The van der Waals surface area contributed by atoms with Crippen molar-refractivity contribution in [2.24, 2.45) is 0 Å². The van der Waals surface area contributed by atoms with Crippen LogP contribution in [-0.4, -0.2) is 51.8 Å². The Balaban J connectivity index is 1.38. The summed E-state index contributed by atoms with van der Waals surface area (Å²) in [6.07, 6.45) is -1.84. The molecule has 0 unspecified atom stereocenters. The fourth-order valence-corrected chi connectivity index (χ4v) is 3.45. The molecule has 0 atom stereocenters. The van der Waals surface area contributed by atoms with Crippen molar-refractivity contribution in [2.75, 3.05) is 31.1 Å². The number of piperazine rings is 1. The Morgan fingerprint density at radius 1 is 0.967 bits per heavy atom. The zero-order valence-corrected chi connectivity index (χ0v) is 16.3. The fraction of sp³-hybridized carbons (Fsp3) is 0.286. The molecule has 1 aliphatic rings. The van der Waals surface area contributed by atoms with Gasteiger partial charge in [0, 0.05) is 49.8 Å². The van der Waals surface area contributed by atoms with E-state index in [1.165, 1.54) is 6.07 Å². The topological polar surface area (TPSA) is 54.3 Å². The van der Waals surface area contributed by atoms with Crippen LogP contribution in [0.25, 0.3) is 5.69 Å². The molecule has 1 aromatic carbocycles. The van der Waals surface area contributed by atoms with Gasteiger partial charge in [-0.1, -0.05) is 0 Å². The minimum atomic E-state index is -4.40. The number of amides is 1. The molecule has 0 aliphatic carbocycles. The number of anilines is 1. The van der Waals surface area contributed by atoms with Gasteiger partial charge >= 0.3 is 6.18 Å². The number of rotatable bonds is 3. The summed E-state index contributed by atoms with van der Waals surface area (Å²) in [6.45, 7) is 3.92. The van der Waals surface area contributed by atoms with Crippen LogP contribution >= 0.6 is 0 Å². The number of carbonyl (C=O) groups excluding carboxylic acids is 1. The SMILES string of the molecule is Cc1ccnn1-c1ccc(C(=O)N2CCN(c3ccc(C(F)(F)F)cn3)CC2)cc1. The van der Waals surface area contributed by atoms with Crippen molar-refractivity contribution < 1.29 is 18.0 Å². The number of pyridine rings is 1. The van der Waals surface area contributed by atoms with Gasteiger partial charge < -0.3 is 9.80 Å². The molecular weight excluding hydrogens is 395 g/mol. The van der Waals surface area contributed by atoms with Crippen LogP contribution in [0.5, 0.6) is 0 Å². The van der Waals surface area contributed by atoms with Gasteiger partial charge in [0.2, 0.25) is 0 Å². The maximum Gasteiger partial charge on any atom is 0.417 e. The summed E-state index contributed by atoms with van der Waals surface area (Å²) < 4.78 is 39.9. The van der Waals surface area contributed by atoms with Crippen molar-refractivity contribution in [1.29, 1.82) is 0 Å². The highest BCUT2D eigenvalue weighted by atomic mass is 19.4. The van der Waals surface area contributed by atoms with E-state index in [-0.39, 0.29) is 5.91 Å². The average molecular weight is 415 g/mol. The number of nitrogens with zero attached hydrogens (tertiary/aromatic N) is 5. The second-order valence-electron chi connectivity index (χ2n) is 7.11. The monoisotopic (exact) mass is 415 g/mol. The van der Waals surface area contributed by atoms with Crippen LogP contribution in [0.15, 0.2) is 54.9 Å². The van der Waals surface area contributed by atoms with Gasteiger partial charge in [-0.25, -0.2) is 9.67 Å². The number of hydrogen-bond donors (Lipinski definition) is 0. The molecule has 0 N–H and O–H groups in total. The quantitative estimate of drug-likeness (QED) is 0.657. The van der Waals surface area contributed by atoms with Crippen molar-refractivity contribution in [3.05, 3.63) is 71.7 Å². The lowest BCUT2D eigenvalue weighted by Crippen LogP contribution is -2.49. The lowest BCUT2D eigenvalue weighted by atomic mass is 10.1. The molecule has 3 heterocycles. The Labute approximate surface area is 171 Å². The predicted octanol–water partition coefficient (Wildman–Crippen LogP) is 3.56. The maximum absolute atomic E-state index is 12.8. The van der Waals surface area contributed by atoms with Gasteiger partial charge in [0.05, 0.1) is 11.3 Å². The summed E-state index contributed by atoms with van der Waals surface area (Å²) in [5, 5.41) is 4.25. The van der Waals surface area contributed by atoms with Gasteiger partial charge in [-0.05, 0) is 49.4 Å². The standard InChI is InChI=1S/C21H20F3N5O/c1-15-8-9-26-29(15)18-5-2-16(3-6-18)20(30)28-12-10-27(11-13-28)19-7-4-17(14-25-19)21(22,23)24/h2-9,14H,10-13H2,1H3. The first-order chi connectivity index (χ1) is 14.3. The van der Waals surface area contributed by atoms with E-state index in [2.05, 4.69) is 10.1 Å². The van der Waals surface area contributed by atoms with Gasteiger partial charge in [-0.15, -0.1) is 0 Å². The third-order valence-electron chi connectivity index (χ3n) is 5.16. The van der Waals surface area contributed by atoms with Crippen molar-refractivity contribution in [3.63, 3.8) is 0 Å². The van der Waals surface area contributed by atoms with Crippen LogP contribution in [0.1, 0.15) is 21.6 Å². The highest BCUT2D eigenvalue weighted by molar-refractivity contribution is 5.94. The molecule has 0 radical (unpaired) electrons. The van der Waals surface area contributed by atoms with Crippen molar-refractivity contribution in [2.45, 2.75) is 13.1 Å². The largest absolute Gasteiger partial charge is 0.417 e. The van der Waals surface area contributed by atoms with E-state index in [1.807, 2.05) is 30.0 Å². The van der Waals surface area contributed by atoms with Gasteiger partial charge in [-0.2, -0.15) is 18.3 Å². The summed E-state index contributed by atoms with van der Waals surface area (Å²) in [5.41, 5.74) is 1.70. The highest BCUT2D eigenvalue weighted by Crippen LogP contribution is 2.29. The van der Waals surface area contributed by atoms with E-state index in [9.17, 15) is 18.0 Å². The molecule has 30 heavy (non-hydrogen) atoms. The molecule has 1 saturated heterocycles. The van der Waals surface area contributed by atoms with E-state index in [4.69, 9.17) is 0 Å². The van der Waals surface area contributed by atoms with E-state index < -0.39 is 11.7 Å². The van der Waals surface area contributed by atoms with Crippen molar-refractivity contribution >= 4 is 11.7 Å². The molecule has 0 bridgehead atoms. The first-order valence-corrected chi connectivity index (χ1v) is 9.51. The summed E-state index contributed by atoms with van der Waals surface area (Å²) in [6, 6.07) is 11.6. The number of halogens is 3. The van der Waals surface area contributed by atoms with E-state index in [0.29, 0.717) is 37.6 Å². The first kappa shape index (κ1) is 19.9. The van der Waals surface area contributed by atoms with Crippen LogP contribution in [0.4, 0.5) is 19.0 Å². The van der Waals surface area contributed by atoms with Gasteiger partial charge in [0.1, 0.15) is 5.82 Å². The van der Waals surface area contributed by atoms with Gasteiger partial charge in [0.15, 0.2) is 0 Å². The Morgan fingerprint density at radius 2 is 1.67 bits per heavy atom. The summed E-state index contributed by atoms with van der Waals surface area (Å²) >= 11 is 0. The van der Waals surface area contributed by atoms with Crippen LogP contribution in [0.2, 0.25) is 0 Å². The van der Waals surface area contributed by atoms with Crippen LogP contribution in [-0.2, 0) is 6.18 Å². The number of benzene rings is 1. The number of alkyl halides is 3. The third kappa shape index (κ3) is 4.00. The molecule has 0 spiro atoms. The Kier molecular flexibility index (Phi) is 5.19. The second-order valence-corrected chi connectivity index (χ2v) is 7.11. The van der Waals surface area contributed by atoms with Crippen molar-refractivity contribution in [3.8, 4) is 5.69 Å². The number of carbonyl (C=O) groups is 1. The maximum atomic E-state index is 12.8. The highest BCUT2D eigenvalue weighted by Gasteiger charge is 2.31. The van der Waals surface area contributed by atoms with Crippen LogP contribution in [0, 0.1) is 6.92 Å². The molecule has 6 nitrogen and oxygen atoms in total. The Hall–Kier alpha value is -3.36. The van der Waals surface area contributed by atoms with E-state index in [1.54, 1.807) is 27.9 Å². The third-order valence-corrected chi connectivity index (χ3v) is 5.16. The lowest BCUT2D eigenvalue weighted by Gasteiger charge is -2.35. The zero-order chi connectivity index (χ0) is 21.3. The molecule has 9 heteroatoms. The van der Waals surface area contributed by atoms with Gasteiger partial charge in [0.25, 0.3) is 5.91 Å².